The summed E-state index contributed by atoms with van der Waals surface area (Å²) in [6.07, 6.45) is 5.32. The van der Waals surface area contributed by atoms with Gasteiger partial charge in [0.1, 0.15) is 18.5 Å². The minimum Gasteiger partial charge on any atom is -0.454 e. The van der Waals surface area contributed by atoms with E-state index in [0.717, 1.165) is 5.57 Å². The molecule has 0 amide bonds. The minimum absolute atomic E-state index is 0.0237. The molecular formula is C20H23FN3O3S+. The molecule has 1 unspecified atom stereocenters. The normalized spacial score (nSPS) is 19.3. The van der Waals surface area contributed by atoms with E-state index in [4.69, 9.17) is 16.2 Å². The summed E-state index contributed by atoms with van der Waals surface area (Å²) in [4.78, 5) is 0. The molecule has 6 nitrogen and oxygen atoms in total. The van der Waals surface area contributed by atoms with Crippen molar-refractivity contribution >= 4 is 21.4 Å². The molecule has 148 valence electrons. The van der Waals surface area contributed by atoms with Gasteiger partial charge in [0.2, 0.25) is 0 Å². The fourth-order valence-corrected chi connectivity index (χ4v) is 4.62. The molecule has 8 heteroatoms. The van der Waals surface area contributed by atoms with E-state index in [0.29, 0.717) is 17.1 Å². The average Bonchev–Trinajstić information content (AvgIpc) is 2.70. The first-order chi connectivity index (χ1) is 13.3. The molecule has 1 atom stereocenters. The van der Waals surface area contributed by atoms with Crippen molar-refractivity contribution in [2.24, 2.45) is 5.73 Å². The Morgan fingerprint density at radius 2 is 1.89 bits per heavy atom. The maximum atomic E-state index is 13.9. The predicted molar refractivity (Wildman–Crippen MR) is 110 cm³/mol. The predicted octanol–water partition coefficient (Wildman–Crippen LogP) is 3.27. The Labute approximate surface area is 164 Å². The van der Waals surface area contributed by atoms with Crippen LogP contribution in [-0.2, 0) is 10.0 Å². The lowest BCUT2D eigenvalue weighted by Crippen LogP contribution is -2.51. The highest BCUT2D eigenvalue weighted by molar-refractivity contribution is 7.91. The van der Waals surface area contributed by atoms with Crippen LogP contribution in [0, 0.1) is 5.82 Å². The lowest BCUT2D eigenvalue weighted by Gasteiger charge is -2.34. The number of nitrogens with two attached hydrogens (primary N) is 2. The van der Waals surface area contributed by atoms with Crippen molar-refractivity contribution < 1.29 is 17.5 Å². The van der Waals surface area contributed by atoms with E-state index < -0.39 is 15.8 Å². The second-order valence-electron chi connectivity index (χ2n) is 6.45. The summed E-state index contributed by atoms with van der Waals surface area (Å²) in [7, 11) is -3.52. The molecule has 0 saturated carbocycles. The molecule has 1 heterocycles. The van der Waals surface area contributed by atoms with Gasteiger partial charge in [0, 0.05) is 36.0 Å². The average molecular weight is 404 g/mol. The van der Waals surface area contributed by atoms with Crippen LogP contribution in [0.2, 0.25) is 0 Å². The molecule has 0 fully saturated rings. The molecule has 3 rings (SSSR count). The standard InChI is InChI=1S/C20H23FN3O3S/c1-2-28(25,26)24(11-3-4-15(13-22)14-24)17-6-8-18(9-7-17)27-20-10-5-16(23)12-19(20)21/h3-10,12,14H,2,11,13,22-23H2,1H3/q+1. The van der Waals surface area contributed by atoms with Crippen molar-refractivity contribution in [1.29, 1.82) is 0 Å². The van der Waals surface area contributed by atoms with Gasteiger partial charge in [-0.15, -0.1) is 0 Å². The number of ether oxygens (including phenoxy) is 1. The fourth-order valence-electron chi connectivity index (χ4n) is 3.10. The lowest BCUT2D eigenvalue weighted by atomic mass is 10.2. The first kappa shape index (κ1) is 20.1. The van der Waals surface area contributed by atoms with Gasteiger partial charge in [-0.05, 0) is 37.3 Å². The van der Waals surface area contributed by atoms with E-state index >= 15 is 0 Å². The second-order valence-corrected chi connectivity index (χ2v) is 8.84. The molecule has 1 aliphatic heterocycles. The van der Waals surface area contributed by atoms with E-state index in [1.165, 1.54) is 12.1 Å². The van der Waals surface area contributed by atoms with E-state index in [1.54, 1.807) is 43.5 Å². The van der Waals surface area contributed by atoms with Gasteiger partial charge in [-0.3, -0.25) is 0 Å². The monoisotopic (exact) mass is 404 g/mol. The number of nitrogen functional groups attached to an aromatic ring is 1. The first-order valence-electron chi connectivity index (χ1n) is 8.84. The molecule has 4 N–H and O–H groups in total. The highest BCUT2D eigenvalue weighted by Gasteiger charge is 2.42. The Morgan fingerprint density at radius 3 is 2.50 bits per heavy atom. The van der Waals surface area contributed by atoms with Gasteiger partial charge in [-0.1, -0.05) is 6.08 Å². The van der Waals surface area contributed by atoms with Gasteiger partial charge in [-0.25, -0.2) is 4.39 Å². The third-order valence-corrected chi connectivity index (χ3v) is 6.83. The van der Waals surface area contributed by atoms with Gasteiger partial charge >= 0.3 is 10.0 Å². The van der Waals surface area contributed by atoms with Crippen LogP contribution in [0.4, 0.5) is 15.8 Å². The fraction of sp³-hybridized carbons (Fsp3) is 0.200. The molecule has 0 aromatic heterocycles. The maximum Gasteiger partial charge on any atom is 0.306 e. The third kappa shape index (κ3) is 3.66. The highest BCUT2D eigenvalue weighted by atomic mass is 32.2. The zero-order valence-corrected chi connectivity index (χ0v) is 16.3. The Balaban J connectivity index is 1.97. The van der Waals surface area contributed by atoms with Gasteiger partial charge in [0.05, 0.1) is 5.75 Å². The number of quaternary nitrogens is 1. The van der Waals surface area contributed by atoms with Crippen LogP contribution in [0.15, 0.2) is 66.4 Å². The molecule has 0 spiro atoms. The van der Waals surface area contributed by atoms with Crippen LogP contribution in [0.1, 0.15) is 6.92 Å². The zero-order valence-electron chi connectivity index (χ0n) is 15.5. The number of benzene rings is 2. The van der Waals surface area contributed by atoms with Crippen LogP contribution in [0.5, 0.6) is 11.5 Å². The summed E-state index contributed by atoms with van der Waals surface area (Å²) in [5, 5.41) is 0. The smallest absolute Gasteiger partial charge is 0.306 e. The molecule has 0 radical (unpaired) electrons. The Kier molecular flexibility index (Phi) is 5.55. The van der Waals surface area contributed by atoms with E-state index in [1.807, 2.05) is 12.2 Å². The lowest BCUT2D eigenvalue weighted by molar-refractivity contribution is 0.442. The number of hydrogen-bond donors (Lipinski definition) is 2. The molecule has 28 heavy (non-hydrogen) atoms. The van der Waals surface area contributed by atoms with Crippen molar-refractivity contribution in [2.75, 3.05) is 24.6 Å². The number of halogens is 1. The van der Waals surface area contributed by atoms with Crippen LogP contribution in [0.25, 0.3) is 0 Å². The Morgan fingerprint density at radius 1 is 1.18 bits per heavy atom. The van der Waals surface area contributed by atoms with Crippen LogP contribution < -0.4 is 20.1 Å². The molecule has 1 aliphatic rings. The van der Waals surface area contributed by atoms with Gasteiger partial charge in [0.15, 0.2) is 17.3 Å². The van der Waals surface area contributed by atoms with E-state index in [2.05, 4.69) is 0 Å². The summed E-state index contributed by atoms with van der Waals surface area (Å²) < 4.78 is 45.1. The number of anilines is 1. The van der Waals surface area contributed by atoms with Crippen molar-refractivity contribution in [3.05, 3.63) is 72.2 Å². The summed E-state index contributed by atoms with van der Waals surface area (Å²) >= 11 is 0. The van der Waals surface area contributed by atoms with Crippen LogP contribution in [0.3, 0.4) is 0 Å². The van der Waals surface area contributed by atoms with Crippen LogP contribution in [-0.4, -0.2) is 27.3 Å². The summed E-state index contributed by atoms with van der Waals surface area (Å²) in [5.41, 5.74) is 12.9. The summed E-state index contributed by atoms with van der Waals surface area (Å²) in [6, 6.07) is 10.7. The highest BCUT2D eigenvalue weighted by Crippen LogP contribution is 2.35. The quantitative estimate of drug-likeness (QED) is 0.569. The number of sulfonamides is 1. The topological polar surface area (TPSA) is 95.4 Å². The number of hydrogen-bond acceptors (Lipinski definition) is 5. The van der Waals surface area contributed by atoms with Gasteiger partial charge < -0.3 is 16.2 Å². The Bertz CT molecular complexity index is 1030. The van der Waals surface area contributed by atoms with Gasteiger partial charge in [0.25, 0.3) is 0 Å². The molecule has 0 bridgehead atoms. The zero-order chi connectivity index (χ0) is 20.4. The Hall–Kier alpha value is -2.68. The molecule has 0 saturated heterocycles. The van der Waals surface area contributed by atoms with E-state index in [9.17, 15) is 12.8 Å². The molecule has 2 aromatic rings. The summed E-state index contributed by atoms with van der Waals surface area (Å²) in [6.45, 7) is 2.13. The SMILES string of the molecule is CCS(=O)(=O)[N+]1(c2ccc(Oc3ccc(N)cc3F)cc2)C=C(CN)C=CC1. The largest absolute Gasteiger partial charge is 0.454 e. The van der Waals surface area contributed by atoms with Crippen LogP contribution >= 0.6 is 0 Å². The molecular weight excluding hydrogens is 381 g/mol. The van der Waals surface area contributed by atoms with E-state index in [-0.39, 0.29) is 28.5 Å². The molecule has 0 aliphatic carbocycles. The van der Waals surface area contributed by atoms with Gasteiger partial charge in [-0.2, -0.15) is 12.3 Å². The maximum absolute atomic E-state index is 13.9. The number of rotatable bonds is 6. The van der Waals surface area contributed by atoms with Crippen molar-refractivity contribution in [2.45, 2.75) is 6.92 Å². The van der Waals surface area contributed by atoms with Crippen molar-refractivity contribution in [3.8, 4) is 11.5 Å². The second kappa shape index (κ2) is 7.75. The third-order valence-electron chi connectivity index (χ3n) is 4.64. The first-order valence-corrected chi connectivity index (χ1v) is 10.4. The minimum atomic E-state index is -3.52. The van der Waals surface area contributed by atoms with Crippen molar-refractivity contribution in [1.82, 2.24) is 3.89 Å². The molecule has 2 aromatic carbocycles. The number of nitrogens with zero attached hydrogens (tertiary/aromatic N) is 1. The van der Waals surface area contributed by atoms with Crippen molar-refractivity contribution in [3.63, 3.8) is 0 Å². The summed E-state index contributed by atoms with van der Waals surface area (Å²) in [5.74, 6) is -0.171.